The molecule has 1 aliphatic heterocycles. The normalized spacial score (nSPS) is 14.2. The Hall–Kier alpha value is -2.68. The Bertz CT molecular complexity index is 897. The van der Waals surface area contributed by atoms with E-state index in [0.29, 0.717) is 34.4 Å². The molecular formula is C21H27ClN6O2. The first kappa shape index (κ1) is 22.0. The number of ether oxygens (including phenoxy) is 1. The van der Waals surface area contributed by atoms with Crippen LogP contribution in [0, 0.1) is 5.41 Å². The minimum absolute atomic E-state index is 0.265. The molecule has 0 saturated carbocycles. The number of methoxy groups -OCH3 is 1. The van der Waals surface area contributed by atoms with Crippen molar-refractivity contribution in [3.05, 3.63) is 46.6 Å². The first-order valence-corrected chi connectivity index (χ1v) is 10.2. The Morgan fingerprint density at radius 3 is 2.63 bits per heavy atom. The molecule has 3 rings (SSSR count). The number of hydrogen-bond donors (Lipinski definition) is 4. The van der Waals surface area contributed by atoms with E-state index in [1.165, 1.54) is 13.3 Å². The lowest BCUT2D eigenvalue weighted by atomic mass is 10.1. The van der Waals surface area contributed by atoms with Crippen LogP contribution in [0.4, 0.5) is 11.5 Å². The van der Waals surface area contributed by atoms with Crippen LogP contribution < -0.4 is 20.7 Å². The van der Waals surface area contributed by atoms with E-state index in [0.717, 1.165) is 32.7 Å². The Kier molecular flexibility index (Phi) is 7.62. The van der Waals surface area contributed by atoms with Gasteiger partial charge in [-0.25, -0.2) is 4.98 Å². The summed E-state index contributed by atoms with van der Waals surface area (Å²) in [5, 5.41) is 18.2. The molecule has 1 aromatic heterocycles. The second-order valence-electron chi connectivity index (χ2n) is 7.03. The highest BCUT2D eigenvalue weighted by Gasteiger charge is 2.22. The number of aromatic nitrogens is 1. The fraction of sp³-hybridized carbons (Fsp3) is 0.381. The second kappa shape index (κ2) is 10.4. The van der Waals surface area contributed by atoms with Gasteiger partial charge in [0.25, 0.3) is 5.91 Å². The highest BCUT2D eigenvalue weighted by atomic mass is 35.5. The van der Waals surface area contributed by atoms with Crippen LogP contribution in [-0.4, -0.2) is 67.9 Å². The maximum atomic E-state index is 12.8. The van der Waals surface area contributed by atoms with Crippen molar-refractivity contribution in [2.75, 3.05) is 57.0 Å². The van der Waals surface area contributed by atoms with E-state index in [-0.39, 0.29) is 17.2 Å². The van der Waals surface area contributed by atoms with Crippen LogP contribution in [0.2, 0.25) is 5.02 Å². The lowest BCUT2D eigenvalue weighted by Crippen LogP contribution is -2.45. The molecule has 1 saturated heterocycles. The van der Waals surface area contributed by atoms with Gasteiger partial charge in [-0.3, -0.25) is 9.69 Å². The molecule has 2 heterocycles. The van der Waals surface area contributed by atoms with Crippen LogP contribution in [-0.2, 0) is 0 Å². The third-order valence-electron chi connectivity index (χ3n) is 4.89. The summed E-state index contributed by atoms with van der Waals surface area (Å²) in [6, 6.07) is 6.83. The van der Waals surface area contributed by atoms with Crippen molar-refractivity contribution in [1.29, 1.82) is 5.41 Å². The monoisotopic (exact) mass is 430 g/mol. The zero-order chi connectivity index (χ0) is 21.5. The van der Waals surface area contributed by atoms with Gasteiger partial charge >= 0.3 is 0 Å². The summed E-state index contributed by atoms with van der Waals surface area (Å²) in [6.45, 7) is 7.23. The molecule has 1 fully saturated rings. The van der Waals surface area contributed by atoms with Gasteiger partial charge in [-0.15, -0.1) is 0 Å². The molecule has 1 aromatic carbocycles. The third-order valence-corrected chi connectivity index (χ3v) is 5.14. The molecule has 0 aliphatic carbocycles. The first-order valence-electron chi connectivity index (χ1n) is 9.86. The van der Waals surface area contributed by atoms with Crippen molar-refractivity contribution in [3.63, 3.8) is 0 Å². The summed E-state index contributed by atoms with van der Waals surface area (Å²) in [7, 11) is 1.49. The van der Waals surface area contributed by atoms with Gasteiger partial charge < -0.3 is 26.1 Å². The van der Waals surface area contributed by atoms with Crippen LogP contribution >= 0.6 is 11.6 Å². The number of pyridine rings is 1. The largest absolute Gasteiger partial charge is 0.495 e. The van der Waals surface area contributed by atoms with E-state index >= 15 is 0 Å². The van der Waals surface area contributed by atoms with Gasteiger partial charge in [0.15, 0.2) is 0 Å². The zero-order valence-electron chi connectivity index (χ0n) is 17.2. The quantitative estimate of drug-likeness (QED) is 0.480. The molecule has 4 N–H and O–H groups in total. The third kappa shape index (κ3) is 5.47. The predicted molar refractivity (Wildman–Crippen MR) is 120 cm³/mol. The van der Waals surface area contributed by atoms with Crippen molar-refractivity contribution >= 4 is 34.7 Å². The molecule has 0 atom stereocenters. The number of amides is 1. The summed E-state index contributed by atoms with van der Waals surface area (Å²) < 4.78 is 5.53. The molecule has 0 bridgehead atoms. The van der Waals surface area contributed by atoms with Crippen LogP contribution in [0.15, 0.2) is 30.5 Å². The molecule has 0 unspecified atom stereocenters. The molecule has 1 aliphatic rings. The number of nitrogens with zero attached hydrogens (tertiary/aromatic N) is 2. The van der Waals surface area contributed by atoms with Gasteiger partial charge in [-0.2, -0.15) is 0 Å². The number of carbonyl (C=O) groups excluding carboxylic acids is 1. The highest BCUT2D eigenvalue weighted by molar-refractivity contribution is 6.30. The predicted octanol–water partition coefficient (Wildman–Crippen LogP) is 2.70. The molecule has 8 nitrogen and oxygen atoms in total. The molecule has 0 radical (unpaired) electrons. The van der Waals surface area contributed by atoms with E-state index in [4.69, 9.17) is 21.7 Å². The summed E-state index contributed by atoms with van der Waals surface area (Å²) >= 11 is 5.90. The Morgan fingerprint density at radius 2 is 2.00 bits per heavy atom. The number of hydrogen-bond acceptors (Lipinski definition) is 7. The van der Waals surface area contributed by atoms with Crippen molar-refractivity contribution in [2.24, 2.45) is 0 Å². The molecular weight excluding hydrogens is 404 g/mol. The van der Waals surface area contributed by atoms with E-state index in [1.807, 2.05) is 0 Å². The summed E-state index contributed by atoms with van der Waals surface area (Å²) in [5.41, 5.74) is 1.63. The van der Waals surface area contributed by atoms with Crippen molar-refractivity contribution < 1.29 is 9.53 Å². The SMILES string of the molecule is COc1c(C(=O)Nc2ccc(Cl)cc2)cnc(NCCN2CCNCC2)c1C(C)=N. The lowest BCUT2D eigenvalue weighted by Gasteiger charge is -2.27. The van der Waals surface area contributed by atoms with Gasteiger partial charge in [0.2, 0.25) is 0 Å². The van der Waals surface area contributed by atoms with Gasteiger partial charge in [0.05, 0.1) is 12.7 Å². The van der Waals surface area contributed by atoms with Crippen LogP contribution in [0.25, 0.3) is 0 Å². The topological polar surface area (TPSA) is 102 Å². The summed E-state index contributed by atoms with van der Waals surface area (Å²) in [4.78, 5) is 19.6. The van der Waals surface area contributed by atoms with Crippen molar-refractivity contribution in [1.82, 2.24) is 15.2 Å². The van der Waals surface area contributed by atoms with E-state index in [1.54, 1.807) is 31.2 Å². The fourth-order valence-electron chi connectivity index (χ4n) is 3.35. The minimum atomic E-state index is -0.364. The Balaban J connectivity index is 1.77. The van der Waals surface area contributed by atoms with Crippen LogP contribution in [0.1, 0.15) is 22.8 Å². The zero-order valence-corrected chi connectivity index (χ0v) is 18.0. The standard InChI is InChI=1S/C21H27ClN6O2/c1-14(23)18-19(30-2)17(21(29)27-16-5-3-15(22)4-6-16)13-26-20(18)25-9-12-28-10-7-24-8-11-28/h3-6,13,23-24H,7-12H2,1-2H3,(H,25,26)(H,27,29). The number of benzene rings is 1. The average Bonchev–Trinajstić information content (AvgIpc) is 2.75. The number of rotatable bonds is 8. The van der Waals surface area contributed by atoms with Gasteiger partial charge in [-0.1, -0.05) is 11.6 Å². The maximum absolute atomic E-state index is 12.8. The molecule has 30 heavy (non-hydrogen) atoms. The molecule has 0 spiro atoms. The molecule has 9 heteroatoms. The second-order valence-corrected chi connectivity index (χ2v) is 7.47. The highest BCUT2D eigenvalue weighted by Crippen LogP contribution is 2.30. The summed E-state index contributed by atoms with van der Waals surface area (Å²) in [5.74, 6) is 0.503. The Labute approximate surface area is 181 Å². The van der Waals surface area contributed by atoms with Gasteiger partial charge in [-0.05, 0) is 31.2 Å². The van der Waals surface area contributed by atoms with Gasteiger partial charge in [0, 0.05) is 61.9 Å². The first-order chi connectivity index (χ1) is 14.5. The number of piperazine rings is 1. The lowest BCUT2D eigenvalue weighted by molar-refractivity contribution is 0.102. The number of nitrogens with one attached hydrogen (secondary N) is 4. The van der Waals surface area contributed by atoms with Crippen LogP contribution in [0.5, 0.6) is 5.75 Å². The van der Waals surface area contributed by atoms with Gasteiger partial charge in [0.1, 0.15) is 17.1 Å². The fourth-order valence-corrected chi connectivity index (χ4v) is 3.47. The molecule has 160 valence electrons. The molecule has 2 aromatic rings. The van der Waals surface area contributed by atoms with Crippen molar-refractivity contribution in [2.45, 2.75) is 6.92 Å². The number of anilines is 2. The van der Waals surface area contributed by atoms with E-state index in [9.17, 15) is 4.79 Å². The number of carbonyl (C=O) groups is 1. The van der Waals surface area contributed by atoms with E-state index < -0.39 is 0 Å². The number of halogens is 1. The van der Waals surface area contributed by atoms with E-state index in [2.05, 4.69) is 25.8 Å². The van der Waals surface area contributed by atoms with Crippen molar-refractivity contribution in [3.8, 4) is 5.75 Å². The molecule has 1 amide bonds. The summed E-state index contributed by atoms with van der Waals surface area (Å²) in [6.07, 6.45) is 1.48. The minimum Gasteiger partial charge on any atom is -0.495 e. The van der Waals surface area contributed by atoms with Crippen LogP contribution in [0.3, 0.4) is 0 Å². The maximum Gasteiger partial charge on any atom is 0.261 e. The smallest absolute Gasteiger partial charge is 0.261 e. The average molecular weight is 431 g/mol. The Morgan fingerprint density at radius 1 is 1.30 bits per heavy atom.